The molecule has 1 amide bonds. The van der Waals surface area contributed by atoms with Crippen LogP contribution < -0.4 is 15.8 Å². The van der Waals surface area contributed by atoms with Gasteiger partial charge in [-0.15, -0.1) is 0 Å². The maximum Gasteiger partial charge on any atom is 0.337 e. The Labute approximate surface area is 118 Å². The predicted molar refractivity (Wildman–Crippen MR) is 75.6 cm³/mol. The summed E-state index contributed by atoms with van der Waals surface area (Å²) in [6.45, 7) is 3.96. The van der Waals surface area contributed by atoms with Crippen molar-refractivity contribution in [3.63, 3.8) is 0 Å². The molecule has 1 rings (SSSR count). The van der Waals surface area contributed by atoms with Gasteiger partial charge in [-0.1, -0.05) is 0 Å². The van der Waals surface area contributed by atoms with Gasteiger partial charge in [0, 0.05) is 6.04 Å². The third-order valence-corrected chi connectivity index (χ3v) is 2.47. The largest absolute Gasteiger partial charge is 0.491 e. The molecule has 1 aromatic carbocycles. The molecule has 0 spiro atoms. The van der Waals surface area contributed by atoms with Crippen LogP contribution in [0.25, 0.3) is 0 Å². The van der Waals surface area contributed by atoms with E-state index in [9.17, 15) is 9.59 Å². The van der Waals surface area contributed by atoms with E-state index in [1.165, 1.54) is 13.2 Å². The van der Waals surface area contributed by atoms with Crippen LogP contribution in [0.4, 0.5) is 5.69 Å². The lowest BCUT2D eigenvalue weighted by Gasteiger charge is -2.11. The smallest absolute Gasteiger partial charge is 0.337 e. The van der Waals surface area contributed by atoms with Gasteiger partial charge in [0.15, 0.2) is 0 Å². The number of nitrogens with two attached hydrogens (primary N) is 1. The number of nitrogens with one attached hydrogen (secondary N) is 1. The number of nitrogen functional groups attached to an aromatic ring is 1. The molecule has 0 atom stereocenters. The molecule has 0 saturated carbocycles. The number of carbonyl (C=O) groups is 2. The number of hydrogen-bond acceptors (Lipinski definition) is 5. The Bertz CT molecular complexity index is 486. The molecule has 0 aliphatic rings. The molecule has 0 unspecified atom stereocenters. The van der Waals surface area contributed by atoms with E-state index in [0.29, 0.717) is 17.0 Å². The van der Waals surface area contributed by atoms with Crippen LogP contribution in [0.2, 0.25) is 0 Å². The van der Waals surface area contributed by atoms with Crippen LogP contribution >= 0.6 is 0 Å². The van der Waals surface area contributed by atoms with E-state index in [2.05, 4.69) is 10.1 Å². The molecule has 0 bridgehead atoms. The van der Waals surface area contributed by atoms with Crippen LogP contribution in [-0.2, 0) is 9.53 Å². The summed E-state index contributed by atoms with van der Waals surface area (Å²) in [6.07, 6.45) is 0.222. The summed E-state index contributed by atoms with van der Waals surface area (Å²) in [6, 6.07) is 4.71. The molecule has 0 fully saturated rings. The molecule has 110 valence electrons. The average Bonchev–Trinajstić information content (AvgIpc) is 2.39. The van der Waals surface area contributed by atoms with E-state index in [-0.39, 0.29) is 25.0 Å². The molecule has 0 saturated heterocycles. The molecule has 6 nitrogen and oxygen atoms in total. The summed E-state index contributed by atoms with van der Waals surface area (Å²) in [4.78, 5) is 22.9. The minimum Gasteiger partial charge on any atom is -0.491 e. The Balaban J connectivity index is 2.59. The molecule has 0 aliphatic carbocycles. The fourth-order valence-corrected chi connectivity index (χ4v) is 1.55. The third-order valence-electron chi connectivity index (χ3n) is 2.47. The quantitative estimate of drug-likeness (QED) is 0.606. The van der Waals surface area contributed by atoms with Crippen molar-refractivity contribution in [3.8, 4) is 5.75 Å². The van der Waals surface area contributed by atoms with Crippen molar-refractivity contribution in [3.05, 3.63) is 23.8 Å². The molecule has 0 radical (unpaired) electrons. The van der Waals surface area contributed by atoms with Crippen molar-refractivity contribution in [2.75, 3.05) is 19.5 Å². The number of hydrogen-bond donors (Lipinski definition) is 2. The maximum atomic E-state index is 11.5. The minimum atomic E-state index is -0.465. The first-order valence-corrected chi connectivity index (χ1v) is 6.34. The van der Waals surface area contributed by atoms with Crippen molar-refractivity contribution in [1.82, 2.24) is 5.32 Å². The first kappa shape index (κ1) is 15.8. The average molecular weight is 280 g/mol. The summed E-state index contributed by atoms with van der Waals surface area (Å²) in [5.74, 6) is -0.194. The monoisotopic (exact) mass is 280 g/mol. The number of rotatable bonds is 6. The van der Waals surface area contributed by atoms with Gasteiger partial charge < -0.3 is 20.5 Å². The summed E-state index contributed by atoms with van der Waals surface area (Å²) in [5, 5.41) is 2.76. The number of ether oxygens (including phenoxy) is 2. The van der Waals surface area contributed by atoms with E-state index in [0.717, 1.165) is 0 Å². The third kappa shape index (κ3) is 4.79. The zero-order valence-corrected chi connectivity index (χ0v) is 11.9. The van der Waals surface area contributed by atoms with Gasteiger partial charge >= 0.3 is 5.97 Å². The number of amides is 1. The van der Waals surface area contributed by atoms with Gasteiger partial charge in [-0.25, -0.2) is 4.79 Å². The lowest BCUT2D eigenvalue weighted by atomic mass is 10.2. The highest BCUT2D eigenvalue weighted by Gasteiger charge is 2.10. The van der Waals surface area contributed by atoms with Gasteiger partial charge in [-0.05, 0) is 32.0 Å². The minimum absolute atomic E-state index is 0.0928. The number of anilines is 1. The van der Waals surface area contributed by atoms with E-state index in [1.807, 2.05) is 13.8 Å². The SMILES string of the molecule is COC(=O)c1ccc(N)c(OCCC(=O)NC(C)C)c1. The van der Waals surface area contributed by atoms with Gasteiger partial charge in [0.05, 0.1) is 31.4 Å². The number of methoxy groups -OCH3 is 1. The molecular formula is C14H20N2O4. The summed E-state index contributed by atoms with van der Waals surface area (Å²) in [5.41, 5.74) is 6.51. The predicted octanol–water partition coefficient (Wildman–Crippen LogP) is 1.35. The molecule has 20 heavy (non-hydrogen) atoms. The lowest BCUT2D eigenvalue weighted by molar-refractivity contribution is -0.122. The molecular weight excluding hydrogens is 260 g/mol. The highest BCUT2D eigenvalue weighted by molar-refractivity contribution is 5.90. The topological polar surface area (TPSA) is 90.7 Å². The van der Waals surface area contributed by atoms with Gasteiger partial charge in [0.1, 0.15) is 5.75 Å². The number of benzene rings is 1. The van der Waals surface area contributed by atoms with Crippen molar-refractivity contribution >= 4 is 17.6 Å². The zero-order chi connectivity index (χ0) is 15.1. The standard InChI is InChI=1S/C14H20N2O4/c1-9(2)16-13(17)6-7-20-12-8-10(14(18)19-3)4-5-11(12)15/h4-5,8-9H,6-7,15H2,1-3H3,(H,16,17). The fraction of sp³-hybridized carbons (Fsp3) is 0.429. The summed E-state index contributed by atoms with van der Waals surface area (Å²) < 4.78 is 10.0. The van der Waals surface area contributed by atoms with Gasteiger partial charge in [0.2, 0.25) is 5.91 Å². The zero-order valence-electron chi connectivity index (χ0n) is 11.9. The molecule has 3 N–H and O–H groups in total. The highest BCUT2D eigenvalue weighted by Crippen LogP contribution is 2.23. The van der Waals surface area contributed by atoms with Crippen LogP contribution in [0.15, 0.2) is 18.2 Å². The fourth-order valence-electron chi connectivity index (χ4n) is 1.55. The van der Waals surface area contributed by atoms with Crippen molar-refractivity contribution in [1.29, 1.82) is 0 Å². The van der Waals surface area contributed by atoms with Crippen molar-refractivity contribution in [2.45, 2.75) is 26.3 Å². The lowest BCUT2D eigenvalue weighted by Crippen LogP contribution is -2.31. The summed E-state index contributed by atoms with van der Waals surface area (Å²) in [7, 11) is 1.30. The summed E-state index contributed by atoms with van der Waals surface area (Å²) >= 11 is 0. The van der Waals surface area contributed by atoms with Crippen LogP contribution in [0.1, 0.15) is 30.6 Å². The van der Waals surface area contributed by atoms with Crippen LogP contribution in [0.5, 0.6) is 5.75 Å². The Morgan fingerprint density at radius 1 is 1.35 bits per heavy atom. The molecule has 1 aromatic rings. The van der Waals surface area contributed by atoms with E-state index < -0.39 is 5.97 Å². The van der Waals surface area contributed by atoms with Gasteiger partial charge in [-0.3, -0.25) is 4.79 Å². The van der Waals surface area contributed by atoms with Gasteiger partial charge in [-0.2, -0.15) is 0 Å². The molecule has 0 aliphatic heterocycles. The van der Waals surface area contributed by atoms with Crippen molar-refractivity contribution < 1.29 is 19.1 Å². The number of esters is 1. The van der Waals surface area contributed by atoms with E-state index >= 15 is 0 Å². The Hall–Kier alpha value is -2.24. The van der Waals surface area contributed by atoms with Crippen molar-refractivity contribution in [2.24, 2.45) is 0 Å². The second-order valence-corrected chi connectivity index (χ2v) is 4.56. The Morgan fingerprint density at radius 2 is 2.05 bits per heavy atom. The molecule has 0 aromatic heterocycles. The Kier molecular flexibility index (Phi) is 5.83. The van der Waals surface area contributed by atoms with Crippen LogP contribution in [-0.4, -0.2) is 31.6 Å². The van der Waals surface area contributed by atoms with Crippen LogP contribution in [0.3, 0.4) is 0 Å². The van der Waals surface area contributed by atoms with Gasteiger partial charge in [0.25, 0.3) is 0 Å². The first-order chi connectivity index (χ1) is 9.43. The second-order valence-electron chi connectivity index (χ2n) is 4.56. The normalized spacial score (nSPS) is 10.2. The maximum absolute atomic E-state index is 11.5. The van der Waals surface area contributed by atoms with E-state index in [4.69, 9.17) is 10.5 Å². The molecule has 0 heterocycles. The second kappa shape index (κ2) is 7.37. The Morgan fingerprint density at radius 3 is 2.65 bits per heavy atom. The first-order valence-electron chi connectivity index (χ1n) is 6.34. The highest BCUT2D eigenvalue weighted by atomic mass is 16.5. The molecule has 6 heteroatoms. The number of carbonyl (C=O) groups excluding carboxylic acids is 2. The van der Waals surface area contributed by atoms with E-state index in [1.54, 1.807) is 12.1 Å². The van der Waals surface area contributed by atoms with Crippen LogP contribution in [0, 0.1) is 0 Å².